The molecule has 2 aromatic carbocycles. The summed E-state index contributed by atoms with van der Waals surface area (Å²) < 4.78 is 30.9. The number of ketones is 2. The first-order valence-corrected chi connectivity index (χ1v) is 12.0. The number of aromatic nitrogens is 1. The van der Waals surface area contributed by atoms with Crippen LogP contribution in [0.5, 0.6) is 17.2 Å². The fourth-order valence-electron chi connectivity index (χ4n) is 3.76. The van der Waals surface area contributed by atoms with Crippen molar-refractivity contribution in [3.05, 3.63) is 71.0 Å². The van der Waals surface area contributed by atoms with Gasteiger partial charge in [-0.25, -0.2) is 9.37 Å². The number of nitrogens with zero attached hydrogens (tertiary/aromatic N) is 1. The number of aliphatic hydroxyl groups excluding tert-OH is 1. The molecule has 0 aliphatic rings. The van der Waals surface area contributed by atoms with Crippen molar-refractivity contribution in [3.63, 3.8) is 0 Å². The average molecular weight is 510 g/mol. The highest BCUT2D eigenvalue weighted by atomic mass is 32.1. The number of thiophene rings is 1. The molecule has 0 spiro atoms. The van der Waals surface area contributed by atoms with Gasteiger partial charge in [0.25, 0.3) is 0 Å². The molecule has 2 heterocycles. The lowest BCUT2D eigenvalue weighted by molar-refractivity contribution is 0.0914. The van der Waals surface area contributed by atoms with Gasteiger partial charge in [-0.1, -0.05) is 0 Å². The Morgan fingerprint density at radius 1 is 0.944 bits per heavy atom. The Hall–Kier alpha value is -3.82. The van der Waals surface area contributed by atoms with E-state index in [1.807, 2.05) is 5.38 Å². The largest absolute Gasteiger partial charge is 0.494 e. The van der Waals surface area contributed by atoms with E-state index >= 15 is 0 Å². The van der Waals surface area contributed by atoms with Gasteiger partial charge in [0.05, 0.1) is 20.8 Å². The quantitative estimate of drug-likeness (QED) is 0.273. The first-order chi connectivity index (χ1) is 17.4. The lowest BCUT2D eigenvalue weighted by Gasteiger charge is -2.11. The molecule has 0 aliphatic heterocycles. The van der Waals surface area contributed by atoms with Crippen molar-refractivity contribution in [2.45, 2.75) is 12.8 Å². The summed E-state index contributed by atoms with van der Waals surface area (Å²) in [4.78, 5) is 30.2. The van der Waals surface area contributed by atoms with Crippen molar-refractivity contribution in [2.75, 3.05) is 27.4 Å². The van der Waals surface area contributed by atoms with Gasteiger partial charge in [0.15, 0.2) is 23.1 Å². The molecule has 0 saturated carbocycles. The number of methoxy groups -OCH3 is 2. The number of hydrogen-bond acceptors (Lipinski definition) is 8. The van der Waals surface area contributed by atoms with Gasteiger partial charge in [0, 0.05) is 39.4 Å². The number of carbonyl (C=O) groups excluding carboxylic acids is 2. The number of Topliss-reactive ketones (excluding diaryl/α,β-unsaturated/α-hetero) is 2. The van der Waals surface area contributed by atoms with Gasteiger partial charge in [0.1, 0.15) is 29.6 Å². The molecule has 0 bridgehead atoms. The van der Waals surface area contributed by atoms with Crippen LogP contribution < -0.4 is 14.2 Å². The lowest BCUT2D eigenvalue weighted by atomic mass is 10.0. The molecule has 4 aromatic rings. The second-order valence-electron chi connectivity index (χ2n) is 7.82. The number of benzene rings is 2. The zero-order valence-corrected chi connectivity index (χ0v) is 20.6. The number of aliphatic hydroxyl groups is 1. The Labute approximate surface area is 211 Å². The number of rotatable bonds is 11. The normalized spacial score (nSPS) is 10.9. The van der Waals surface area contributed by atoms with E-state index in [0.717, 1.165) is 4.70 Å². The fourth-order valence-corrected chi connectivity index (χ4v) is 4.69. The SMILES string of the molecule is COc1cc(C(=O)CCC(=O)c2ccc(OC)c(-c3csc4ccc(F)cc34)n2)ccc1OCCO. The first-order valence-electron chi connectivity index (χ1n) is 11.2. The number of halogens is 1. The Morgan fingerprint density at radius 3 is 2.44 bits per heavy atom. The van der Waals surface area contributed by atoms with Crippen molar-refractivity contribution in [1.29, 1.82) is 0 Å². The van der Waals surface area contributed by atoms with E-state index in [0.29, 0.717) is 39.5 Å². The van der Waals surface area contributed by atoms with Gasteiger partial charge in [-0.2, -0.15) is 0 Å². The van der Waals surface area contributed by atoms with E-state index in [2.05, 4.69) is 4.98 Å². The molecule has 36 heavy (non-hydrogen) atoms. The summed E-state index contributed by atoms with van der Waals surface area (Å²) in [6.45, 7) is -0.0439. The van der Waals surface area contributed by atoms with Crippen LogP contribution >= 0.6 is 11.3 Å². The van der Waals surface area contributed by atoms with E-state index in [1.54, 1.807) is 36.4 Å². The first kappa shape index (κ1) is 25.3. The van der Waals surface area contributed by atoms with Crippen LogP contribution in [-0.2, 0) is 0 Å². The van der Waals surface area contributed by atoms with Gasteiger partial charge < -0.3 is 19.3 Å². The highest BCUT2D eigenvalue weighted by Crippen LogP contribution is 2.38. The van der Waals surface area contributed by atoms with E-state index in [-0.39, 0.29) is 49.1 Å². The van der Waals surface area contributed by atoms with Crippen LogP contribution in [0.1, 0.15) is 33.7 Å². The molecular weight excluding hydrogens is 485 g/mol. The summed E-state index contributed by atoms with van der Waals surface area (Å²) in [6.07, 6.45) is -0.0594. The Bertz CT molecular complexity index is 1420. The number of fused-ring (bicyclic) bond motifs is 1. The monoisotopic (exact) mass is 509 g/mol. The van der Waals surface area contributed by atoms with Crippen LogP contribution in [0.15, 0.2) is 53.9 Å². The molecule has 0 amide bonds. The smallest absolute Gasteiger partial charge is 0.181 e. The van der Waals surface area contributed by atoms with Gasteiger partial charge in [0.2, 0.25) is 0 Å². The molecule has 9 heteroatoms. The highest BCUT2D eigenvalue weighted by Gasteiger charge is 2.19. The molecule has 7 nitrogen and oxygen atoms in total. The van der Waals surface area contributed by atoms with Crippen molar-refractivity contribution >= 4 is 33.0 Å². The van der Waals surface area contributed by atoms with Crippen molar-refractivity contribution in [2.24, 2.45) is 0 Å². The van der Waals surface area contributed by atoms with Crippen LogP contribution in [0, 0.1) is 5.82 Å². The van der Waals surface area contributed by atoms with Gasteiger partial charge >= 0.3 is 0 Å². The third-order valence-corrected chi connectivity index (χ3v) is 6.53. The summed E-state index contributed by atoms with van der Waals surface area (Å²) in [6, 6.07) is 12.5. The Morgan fingerprint density at radius 2 is 1.69 bits per heavy atom. The molecule has 0 radical (unpaired) electrons. The highest BCUT2D eigenvalue weighted by molar-refractivity contribution is 7.17. The van der Waals surface area contributed by atoms with Gasteiger partial charge in [-0.3, -0.25) is 9.59 Å². The van der Waals surface area contributed by atoms with E-state index in [1.165, 1.54) is 37.7 Å². The molecule has 0 aliphatic carbocycles. The molecular formula is C27H24FNO6S. The number of carbonyl (C=O) groups is 2. The maximum atomic E-state index is 13.9. The average Bonchev–Trinajstić information content (AvgIpc) is 3.32. The van der Waals surface area contributed by atoms with E-state index in [9.17, 15) is 14.0 Å². The molecule has 0 atom stereocenters. The summed E-state index contributed by atoms with van der Waals surface area (Å²) in [5.41, 5.74) is 1.69. The second-order valence-corrected chi connectivity index (χ2v) is 8.73. The second kappa shape index (κ2) is 11.3. The van der Waals surface area contributed by atoms with Crippen molar-refractivity contribution in [3.8, 4) is 28.5 Å². The molecule has 2 aromatic heterocycles. The molecule has 0 saturated heterocycles. The van der Waals surface area contributed by atoms with Crippen LogP contribution in [0.3, 0.4) is 0 Å². The minimum atomic E-state index is -0.364. The van der Waals surface area contributed by atoms with E-state index < -0.39 is 0 Å². The molecule has 0 unspecified atom stereocenters. The van der Waals surface area contributed by atoms with Crippen molar-refractivity contribution < 1.29 is 33.3 Å². The van der Waals surface area contributed by atoms with Gasteiger partial charge in [-0.05, 0) is 48.5 Å². The Balaban J connectivity index is 1.52. The van der Waals surface area contributed by atoms with Crippen LogP contribution in [0.25, 0.3) is 21.3 Å². The van der Waals surface area contributed by atoms with Crippen molar-refractivity contribution in [1.82, 2.24) is 4.98 Å². The fraction of sp³-hybridized carbons (Fsp3) is 0.222. The summed E-state index contributed by atoms with van der Waals surface area (Å²) in [7, 11) is 2.96. The van der Waals surface area contributed by atoms with E-state index in [4.69, 9.17) is 19.3 Å². The predicted octanol–water partition coefficient (Wildman–Crippen LogP) is 5.34. The van der Waals surface area contributed by atoms with Gasteiger partial charge in [-0.15, -0.1) is 11.3 Å². The predicted molar refractivity (Wildman–Crippen MR) is 135 cm³/mol. The summed E-state index contributed by atoms with van der Waals surface area (Å²) >= 11 is 1.45. The molecule has 0 fully saturated rings. The number of pyridine rings is 1. The maximum absolute atomic E-state index is 13.9. The van der Waals surface area contributed by atoms with Crippen LogP contribution in [0.2, 0.25) is 0 Å². The maximum Gasteiger partial charge on any atom is 0.181 e. The zero-order valence-electron chi connectivity index (χ0n) is 19.7. The number of hydrogen-bond donors (Lipinski definition) is 1. The standard InChI is InChI=1S/C27H24FNO6S/c1-33-24-9-5-20(29-27(24)19-15-36-26-10-4-17(28)14-18(19)26)22(32)7-6-21(31)16-3-8-23(35-12-11-30)25(13-16)34-2/h3-5,8-10,13-15,30H,6-7,11-12H2,1-2H3. The van der Waals surface area contributed by atoms with Crippen LogP contribution in [0.4, 0.5) is 4.39 Å². The number of ether oxygens (including phenoxy) is 3. The zero-order chi connectivity index (χ0) is 25.7. The molecule has 4 rings (SSSR count). The molecule has 186 valence electrons. The van der Waals surface area contributed by atoms with Crippen LogP contribution in [-0.4, -0.2) is 49.1 Å². The summed E-state index contributed by atoms with van der Waals surface area (Å²) in [5, 5.41) is 11.5. The minimum absolute atomic E-state index is 0.0194. The minimum Gasteiger partial charge on any atom is -0.494 e. The third kappa shape index (κ3) is 5.37. The Kier molecular flexibility index (Phi) is 7.92. The third-order valence-electron chi connectivity index (χ3n) is 5.57. The lowest BCUT2D eigenvalue weighted by Crippen LogP contribution is -2.08. The summed E-state index contributed by atoms with van der Waals surface area (Å²) in [5.74, 6) is 0.339. The topological polar surface area (TPSA) is 95.0 Å². The molecule has 1 N–H and O–H groups in total.